The lowest BCUT2D eigenvalue weighted by Gasteiger charge is -2.38. The molecule has 3 aromatic rings. The van der Waals surface area contributed by atoms with E-state index in [-0.39, 0.29) is 0 Å². The van der Waals surface area contributed by atoms with Crippen LogP contribution in [-0.2, 0) is 10.3 Å². The van der Waals surface area contributed by atoms with Crippen LogP contribution in [0.15, 0.2) is 91.0 Å². The summed E-state index contributed by atoms with van der Waals surface area (Å²) in [5, 5.41) is 22.4. The van der Waals surface area contributed by atoms with E-state index in [1.54, 1.807) is 0 Å². The zero-order chi connectivity index (χ0) is 24.1. The number of carbonyl (C=O) groups is 1. The Kier molecular flexibility index (Phi) is 10.8. The van der Waals surface area contributed by atoms with Gasteiger partial charge in [0, 0.05) is 0 Å². The molecule has 3 aromatic carbocycles. The number of rotatable bonds is 10. The van der Waals surface area contributed by atoms with Crippen molar-refractivity contribution in [1.29, 1.82) is 0 Å². The van der Waals surface area contributed by atoms with E-state index >= 15 is 0 Å². The first-order chi connectivity index (χ1) is 16.0. The number of aliphatic hydroxyl groups excluding tert-OH is 1. The number of carboxylic acid groups (broad SMARTS) is 1. The Labute approximate surface area is 197 Å². The SMILES string of the molecule is CCN(CC)CC.O=C(O)[C@H](CO)NC(c1ccccc1)(c1ccccc1)c1ccccc1. The Bertz CT molecular complexity index is 827. The second-order valence-corrected chi connectivity index (χ2v) is 7.69. The van der Waals surface area contributed by atoms with Gasteiger partial charge in [0.05, 0.1) is 12.1 Å². The first-order valence-electron chi connectivity index (χ1n) is 11.5. The Hall–Kier alpha value is -2.99. The molecule has 0 spiro atoms. The summed E-state index contributed by atoms with van der Waals surface area (Å²) in [5.41, 5.74) is 1.79. The molecule has 3 rings (SSSR count). The molecule has 176 valence electrons. The van der Waals surface area contributed by atoms with Crippen LogP contribution >= 0.6 is 0 Å². The van der Waals surface area contributed by atoms with E-state index in [1.165, 1.54) is 19.6 Å². The third-order valence-corrected chi connectivity index (χ3v) is 5.83. The molecule has 0 aliphatic heterocycles. The van der Waals surface area contributed by atoms with Crippen LogP contribution in [0.5, 0.6) is 0 Å². The van der Waals surface area contributed by atoms with Gasteiger partial charge in [-0.05, 0) is 36.3 Å². The van der Waals surface area contributed by atoms with Crippen LogP contribution in [0.3, 0.4) is 0 Å². The molecule has 0 unspecified atom stereocenters. The minimum absolute atomic E-state index is 0.510. The molecule has 5 heteroatoms. The Morgan fingerprint density at radius 1 is 0.758 bits per heavy atom. The number of benzene rings is 3. The van der Waals surface area contributed by atoms with Crippen LogP contribution in [0.2, 0.25) is 0 Å². The van der Waals surface area contributed by atoms with E-state index in [9.17, 15) is 15.0 Å². The Morgan fingerprint density at radius 2 is 1.09 bits per heavy atom. The van der Waals surface area contributed by atoms with E-state index in [4.69, 9.17) is 0 Å². The maximum absolute atomic E-state index is 11.7. The van der Waals surface area contributed by atoms with Gasteiger partial charge in [-0.15, -0.1) is 0 Å². The van der Waals surface area contributed by atoms with Gasteiger partial charge in [0.25, 0.3) is 0 Å². The lowest BCUT2D eigenvalue weighted by atomic mass is 9.76. The van der Waals surface area contributed by atoms with Crippen LogP contribution in [0.25, 0.3) is 0 Å². The number of nitrogens with zero attached hydrogens (tertiary/aromatic N) is 1. The van der Waals surface area contributed by atoms with Crippen LogP contribution in [-0.4, -0.2) is 53.4 Å². The lowest BCUT2D eigenvalue weighted by molar-refractivity contribution is -0.141. The maximum atomic E-state index is 11.7. The first-order valence-corrected chi connectivity index (χ1v) is 11.5. The fraction of sp³-hybridized carbons (Fsp3) is 0.321. The number of hydrogen-bond donors (Lipinski definition) is 3. The van der Waals surface area contributed by atoms with Gasteiger partial charge in [-0.25, -0.2) is 0 Å². The van der Waals surface area contributed by atoms with Crippen molar-refractivity contribution in [2.24, 2.45) is 0 Å². The van der Waals surface area contributed by atoms with E-state index in [1.807, 2.05) is 91.0 Å². The standard InChI is InChI=1S/C22H21NO3.C6H15N/c24-16-20(21(25)26)23-22(17-10-4-1-5-11-17,18-12-6-2-7-13-18)19-14-8-3-9-15-19;1-4-7(5-2)6-3/h1-15,20,23-24H,16H2,(H,25,26);4-6H2,1-3H3/t20-;/m0./s1. The van der Waals surface area contributed by atoms with E-state index < -0.39 is 24.2 Å². The number of aliphatic carboxylic acids is 1. The summed E-state index contributed by atoms with van der Waals surface area (Å²) in [7, 11) is 0. The van der Waals surface area contributed by atoms with Gasteiger partial charge in [-0.1, -0.05) is 112 Å². The van der Waals surface area contributed by atoms with Gasteiger partial charge in [0.15, 0.2) is 0 Å². The van der Waals surface area contributed by atoms with Gasteiger partial charge in [0.1, 0.15) is 6.04 Å². The number of hydrogen-bond acceptors (Lipinski definition) is 4. The number of nitrogens with one attached hydrogen (secondary N) is 1. The van der Waals surface area contributed by atoms with Gasteiger partial charge < -0.3 is 15.1 Å². The van der Waals surface area contributed by atoms with Crippen LogP contribution in [0, 0.1) is 0 Å². The monoisotopic (exact) mass is 448 g/mol. The van der Waals surface area contributed by atoms with E-state index in [2.05, 4.69) is 31.0 Å². The summed E-state index contributed by atoms with van der Waals surface area (Å²) >= 11 is 0. The van der Waals surface area contributed by atoms with Gasteiger partial charge in [0.2, 0.25) is 0 Å². The molecule has 0 amide bonds. The molecule has 0 aliphatic carbocycles. The van der Waals surface area contributed by atoms with Gasteiger partial charge >= 0.3 is 5.97 Å². The normalized spacial score (nSPS) is 12.0. The molecule has 0 aliphatic rings. The minimum Gasteiger partial charge on any atom is -0.480 e. The van der Waals surface area contributed by atoms with Crippen molar-refractivity contribution in [2.45, 2.75) is 32.4 Å². The molecule has 0 saturated carbocycles. The van der Waals surface area contributed by atoms with Crippen molar-refractivity contribution in [3.05, 3.63) is 108 Å². The topological polar surface area (TPSA) is 72.8 Å². The Balaban J connectivity index is 0.000000479. The molecule has 0 bridgehead atoms. The minimum atomic E-state index is -1.12. The largest absolute Gasteiger partial charge is 0.480 e. The summed E-state index contributed by atoms with van der Waals surface area (Å²) in [6.45, 7) is 9.61. The quantitative estimate of drug-likeness (QED) is 0.402. The van der Waals surface area contributed by atoms with Crippen molar-refractivity contribution in [3.8, 4) is 0 Å². The predicted octanol–water partition coefficient (Wildman–Crippen LogP) is 4.36. The highest BCUT2D eigenvalue weighted by atomic mass is 16.4. The molecular formula is C28H36N2O3. The highest BCUT2D eigenvalue weighted by Crippen LogP contribution is 2.37. The zero-order valence-corrected chi connectivity index (χ0v) is 19.8. The molecule has 5 nitrogen and oxygen atoms in total. The average molecular weight is 449 g/mol. The van der Waals surface area contributed by atoms with Crippen molar-refractivity contribution in [1.82, 2.24) is 10.2 Å². The van der Waals surface area contributed by atoms with Crippen molar-refractivity contribution in [2.75, 3.05) is 26.2 Å². The molecular weight excluding hydrogens is 412 g/mol. The average Bonchev–Trinajstić information content (AvgIpc) is 2.88. The number of aliphatic hydroxyl groups is 1. The van der Waals surface area contributed by atoms with Gasteiger partial charge in [-0.2, -0.15) is 0 Å². The van der Waals surface area contributed by atoms with E-state index in [0.29, 0.717) is 0 Å². The first kappa shape index (κ1) is 26.3. The molecule has 0 saturated heterocycles. The van der Waals surface area contributed by atoms with Crippen LogP contribution in [0.4, 0.5) is 0 Å². The second-order valence-electron chi connectivity index (χ2n) is 7.69. The van der Waals surface area contributed by atoms with E-state index in [0.717, 1.165) is 16.7 Å². The van der Waals surface area contributed by atoms with Crippen molar-refractivity contribution in [3.63, 3.8) is 0 Å². The molecule has 1 atom stereocenters. The van der Waals surface area contributed by atoms with Crippen LogP contribution in [0.1, 0.15) is 37.5 Å². The molecule has 0 fully saturated rings. The maximum Gasteiger partial charge on any atom is 0.323 e. The predicted molar refractivity (Wildman–Crippen MR) is 134 cm³/mol. The zero-order valence-electron chi connectivity index (χ0n) is 19.8. The van der Waals surface area contributed by atoms with Crippen molar-refractivity contribution >= 4 is 5.97 Å². The van der Waals surface area contributed by atoms with Crippen molar-refractivity contribution < 1.29 is 15.0 Å². The highest BCUT2D eigenvalue weighted by Gasteiger charge is 2.39. The molecule has 3 N–H and O–H groups in total. The third kappa shape index (κ3) is 6.75. The van der Waals surface area contributed by atoms with Gasteiger partial charge in [-0.3, -0.25) is 10.1 Å². The third-order valence-electron chi connectivity index (χ3n) is 5.83. The smallest absolute Gasteiger partial charge is 0.323 e. The fourth-order valence-corrected chi connectivity index (χ4v) is 3.93. The molecule has 0 heterocycles. The summed E-state index contributed by atoms with van der Waals surface area (Å²) in [6.07, 6.45) is 0. The molecule has 33 heavy (non-hydrogen) atoms. The second kappa shape index (κ2) is 13.5. The summed E-state index contributed by atoms with van der Waals surface area (Å²) in [4.78, 5) is 14.1. The molecule has 0 aromatic heterocycles. The lowest BCUT2D eigenvalue weighted by Crippen LogP contribution is -2.54. The van der Waals surface area contributed by atoms with Crippen LogP contribution < -0.4 is 5.32 Å². The summed E-state index contributed by atoms with van der Waals surface area (Å²) in [5.74, 6) is -1.10. The number of carboxylic acids is 1. The summed E-state index contributed by atoms with van der Waals surface area (Å²) < 4.78 is 0. The Morgan fingerprint density at radius 3 is 1.30 bits per heavy atom. The summed E-state index contributed by atoms with van der Waals surface area (Å²) in [6, 6.07) is 28.0. The molecule has 0 radical (unpaired) electrons. The highest BCUT2D eigenvalue weighted by molar-refractivity contribution is 5.74. The fourth-order valence-electron chi connectivity index (χ4n) is 3.93.